The molecule has 0 bridgehead atoms. The van der Waals surface area contributed by atoms with Crippen molar-refractivity contribution < 1.29 is 9.53 Å². The molecule has 18 heavy (non-hydrogen) atoms. The van der Waals surface area contributed by atoms with Gasteiger partial charge < -0.3 is 10.5 Å². The molecule has 2 rings (SSSR count). The average Bonchev–Trinajstić information content (AvgIpc) is 2.85. The molecule has 0 aromatic heterocycles. The quantitative estimate of drug-likeness (QED) is 0.669. The van der Waals surface area contributed by atoms with E-state index in [0.29, 0.717) is 22.9 Å². The molecule has 0 atom stereocenters. The highest BCUT2D eigenvalue weighted by molar-refractivity contribution is 6.33. The molecule has 1 aromatic rings. The first-order chi connectivity index (χ1) is 8.66. The van der Waals surface area contributed by atoms with Gasteiger partial charge in [0.25, 0.3) is 0 Å². The molecule has 0 aliphatic heterocycles. The Kier molecular flexibility index (Phi) is 4.48. The Labute approximate surface area is 112 Å². The number of esters is 1. The van der Waals surface area contributed by atoms with Crippen LogP contribution >= 0.6 is 11.6 Å². The lowest BCUT2D eigenvalue weighted by Crippen LogP contribution is -2.09. The number of ether oxygens (including phenoxy) is 1. The lowest BCUT2D eigenvalue weighted by Gasteiger charge is -2.09. The van der Waals surface area contributed by atoms with Crippen molar-refractivity contribution in [1.29, 1.82) is 0 Å². The second-order valence-corrected chi connectivity index (χ2v) is 5.22. The van der Waals surface area contributed by atoms with Crippen molar-refractivity contribution in [1.82, 2.24) is 0 Å². The van der Waals surface area contributed by atoms with Crippen molar-refractivity contribution in [2.75, 3.05) is 12.3 Å². The first kappa shape index (κ1) is 13.2. The van der Waals surface area contributed by atoms with Gasteiger partial charge in [0.1, 0.15) is 0 Å². The summed E-state index contributed by atoms with van der Waals surface area (Å²) < 4.78 is 5.25. The summed E-state index contributed by atoms with van der Waals surface area (Å²) >= 11 is 5.86. The summed E-state index contributed by atoms with van der Waals surface area (Å²) in [6.45, 7) is 0.492. The van der Waals surface area contributed by atoms with Crippen LogP contribution in [-0.4, -0.2) is 12.6 Å². The van der Waals surface area contributed by atoms with E-state index in [2.05, 4.69) is 0 Å². The van der Waals surface area contributed by atoms with Crippen molar-refractivity contribution in [3.63, 3.8) is 0 Å². The first-order valence-electron chi connectivity index (χ1n) is 6.39. The fourth-order valence-electron chi connectivity index (χ4n) is 2.35. The number of carbonyl (C=O) groups is 1. The molecule has 0 saturated heterocycles. The highest BCUT2D eigenvalue weighted by Crippen LogP contribution is 2.27. The second-order valence-electron chi connectivity index (χ2n) is 4.81. The topological polar surface area (TPSA) is 52.3 Å². The van der Waals surface area contributed by atoms with Crippen LogP contribution in [0.4, 0.5) is 5.69 Å². The number of nitrogen functional groups attached to an aromatic ring is 1. The summed E-state index contributed by atoms with van der Waals surface area (Å²) in [6.07, 6.45) is 6.13. The fourth-order valence-corrected chi connectivity index (χ4v) is 2.54. The highest BCUT2D eigenvalue weighted by Gasteiger charge is 2.16. The summed E-state index contributed by atoms with van der Waals surface area (Å²) in [4.78, 5) is 11.8. The van der Waals surface area contributed by atoms with Crippen molar-refractivity contribution in [2.24, 2.45) is 5.92 Å². The highest BCUT2D eigenvalue weighted by atomic mass is 35.5. The van der Waals surface area contributed by atoms with Crippen molar-refractivity contribution >= 4 is 23.3 Å². The van der Waals surface area contributed by atoms with Gasteiger partial charge in [-0.1, -0.05) is 37.3 Å². The molecule has 1 aliphatic carbocycles. The van der Waals surface area contributed by atoms with Crippen molar-refractivity contribution in [2.45, 2.75) is 32.1 Å². The maximum Gasteiger partial charge on any atom is 0.338 e. The van der Waals surface area contributed by atoms with Gasteiger partial charge >= 0.3 is 5.97 Å². The summed E-state index contributed by atoms with van der Waals surface area (Å²) in [5.41, 5.74) is 6.52. The zero-order chi connectivity index (χ0) is 13.0. The van der Waals surface area contributed by atoms with Crippen LogP contribution < -0.4 is 5.73 Å². The molecular weight excluding hydrogens is 250 g/mol. The van der Waals surface area contributed by atoms with Gasteiger partial charge in [0, 0.05) is 0 Å². The zero-order valence-electron chi connectivity index (χ0n) is 10.3. The van der Waals surface area contributed by atoms with E-state index >= 15 is 0 Å². The fraction of sp³-hybridized carbons (Fsp3) is 0.500. The van der Waals surface area contributed by atoms with E-state index in [-0.39, 0.29) is 5.97 Å². The molecule has 1 aliphatic rings. The first-order valence-corrected chi connectivity index (χ1v) is 6.77. The van der Waals surface area contributed by atoms with Crippen LogP contribution in [0.15, 0.2) is 18.2 Å². The normalized spacial score (nSPS) is 15.8. The van der Waals surface area contributed by atoms with Crippen LogP contribution in [0, 0.1) is 5.92 Å². The Balaban J connectivity index is 1.81. The minimum atomic E-state index is -0.324. The lowest BCUT2D eigenvalue weighted by atomic mass is 10.1. The summed E-state index contributed by atoms with van der Waals surface area (Å²) in [6, 6.07) is 4.81. The van der Waals surface area contributed by atoms with E-state index in [1.165, 1.54) is 25.7 Å². The monoisotopic (exact) mass is 267 g/mol. The van der Waals surface area contributed by atoms with Crippen LogP contribution in [0.2, 0.25) is 5.02 Å². The Morgan fingerprint density at radius 2 is 2.11 bits per heavy atom. The van der Waals surface area contributed by atoms with E-state index in [1.807, 2.05) is 0 Å². The van der Waals surface area contributed by atoms with Crippen LogP contribution in [0.1, 0.15) is 42.5 Å². The third kappa shape index (κ3) is 3.39. The smallest absolute Gasteiger partial charge is 0.338 e. The van der Waals surface area contributed by atoms with Gasteiger partial charge in [0.15, 0.2) is 0 Å². The predicted octanol–water partition coefficient (Wildman–Crippen LogP) is 3.66. The van der Waals surface area contributed by atoms with Crippen LogP contribution in [0.5, 0.6) is 0 Å². The van der Waals surface area contributed by atoms with E-state index in [9.17, 15) is 4.79 Å². The molecule has 1 aromatic carbocycles. The lowest BCUT2D eigenvalue weighted by molar-refractivity contribution is 0.0483. The van der Waals surface area contributed by atoms with Gasteiger partial charge in [-0.15, -0.1) is 0 Å². The Bertz CT molecular complexity index is 428. The maximum atomic E-state index is 11.8. The van der Waals surface area contributed by atoms with Crippen molar-refractivity contribution in [3.05, 3.63) is 28.8 Å². The third-order valence-electron chi connectivity index (χ3n) is 3.47. The van der Waals surface area contributed by atoms with E-state index in [4.69, 9.17) is 22.1 Å². The number of hydrogen-bond donors (Lipinski definition) is 1. The number of carbonyl (C=O) groups excluding carboxylic acids is 1. The van der Waals surface area contributed by atoms with Gasteiger partial charge in [-0.25, -0.2) is 4.79 Å². The second kappa shape index (κ2) is 6.10. The average molecular weight is 268 g/mol. The molecule has 4 heteroatoms. The van der Waals surface area contributed by atoms with Crippen LogP contribution in [0.3, 0.4) is 0 Å². The minimum Gasteiger partial charge on any atom is -0.462 e. The van der Waals surface area contributed by atoms with Gasteiger partial charge in [0.05, 0.1) is 22.9 Å². The molecule has 0 unspecified atom stereocenters. The maximum absolute atomic E-state index is 11.8. The molecule has 0 radical (unpaired) electrons. The van der Waals surface area contributed by atoms with E-state index in [0.717, 1.165) is 12.3 Å². The minimum absolute atomic E-state index is 0.324. The molecule has 3 nitrogen and oxygen atoms in total. The third-order valence-corrected chi connectivity index (χ3v) is 3.80. The number of rotatable bonds is 4. The van der Waals surface area contributed by atoms with Gasteiger partial charge in [-0.2, -0.15) is 0 Å². The molecule has 0 heterocycles. The molecule has 2 N–H and O–H groups in total. The van der Waals surface area contributed by atoms with Gasteiger partial charge in [-0.05, 0) is 30.5 Å². The summed E-state index contributed by atoms with van der Waals surface area (Å²) in [7, 11) is 0. The largest absolute Gasteiger partial charge is 0.462 e. The number of nitrogens with two attached hydrogens (primary N) is 1. The summed E-state index contributed by atoms with van der Waals surface area (Å²) in [5.74, 6) is 0.405. The summed E-state index contributed by atoms with van der Waals surface area (Å²) in [5, 5.41) is 0.389. The molecule has 0 spiro atoms. The molecular formula is C14H18ClNO2. The molecule has 0 amide bonds. The standard InChI is InChI=1S/C14H18ClNO2/c15-12-9-11(5-6-13(12)16)14(17)18-8-7-10-3-1-2-4-10/h5-6,9-10H,1-4,7-8,16H2. The molecule has 1 saturated carbocycles. The SMILES string of the molecule is Nc1ccc(C(=O)OCCC2CCCC2)cc1Cl. The number of hydrogen-bond acceptors (Lipinski definition) is 3. The van der Waals surface area contributed by atoms with Crippen molar-refractivity contribution in [3.8, 4) is 0 Å². The predicted molar refractivity (Wildman–Crippen MR) is 72.7 cm³/mol. The molecule has 1 fully saturated rings. The molecule has 98 valence electrons. The van der Waals surface area contributed by atoms with Gasteiger partial charge in [0.2, 0.25) is 0 Å². The Morgan fingerprint density at radius 1 is 1.39 bits per heavy atom. The number of benzene rings is 1. The van der Waals surface area contributed by atoms with Crippen LogP contribution in [0.25, 0.3) is 0 Å². The van der Waals surface area contributed by atoms with Crippen LogP contribution in [-0.2, 0) is 4.74 Å². The van der Waals surface area contributed by atoms with Gasteiger partial charge in [-0.3, -0.25) is 0 Å². The number of halogens is 1. The number of anilines is 1. The Hall–Kier alpha value is -1.22. The Morgan fingerprint density at radius 3 is 2.78 bits per heavy atom. The van der Waals surface area contributed by atoms with E-state index < -0.39 is 0 Å². The zero-order valence-corrected chi connectivity index (χ0v) is 11.1. The van der Waals surface area contributed by atoms with E-state index in [1.54, 1.807) is 18.2 Å².